The fourth-order valence-electron chi connectivity index (χ4n) is 1.95. The van der Waals surface area contributed by atoms with Crippen molar-refractivity contribution in [1.29, 1.82) is 0 Å². The molecule has 1 N–H and O–H groups in total. The highest BCUT2D eigenvalue weighted by atomic mass is 32.1. The lowest BCUT2D eigenvalue weighted by molar-refractivity contribution is 0.0955. The van der Waals surface area contributed by atoms with E-state index in [0.717, 1.165) is 21.9 Å². The van der Waals surface area contributed by atoms with Gasteiger partial charge in [-0.25, -0.2) is 0 Å². The number of nitrogens with one attached hydrogen (secondary N) is 1. The summed E-state index contributed by atoms with van der Waals surface area (Å²) in [5, 5.41) is 4.90. The summed E-state index contributed by atoms with van der Waals surface area (Å²) in [6.07, 6.45) is 0. The lowest BCUT2D eigenvalue weighted by Crippen LogP contribution is -2.21. The molecule has 1 amide bonds. The highest BCUT2D eigenvalue weighted by Gasteiger charge is 2.11. The fraction of sp³-hybridized carbons (Fsp3) is 0.125. The summed E-state index contributed by atoms with van der Waals surface area (Å²) in [6, 6.07) is 13.4. The Hall–Kier alpha value is -2.18. The van der Waals surface area contributed by atoms with E-state index in [2.05, 4.69) is 9.69 Å². The molecule has 0 saturated carbocycles. The number of rotatable bonds is 5. The number of thiophene rings is 1. The van der Waals surface area contributed by atoms with Gasteiger partial charge in [0.15, 0.2) is 0 Å². The molecule has 3 aromatic rings. The molecule has 4 nitrogen and oxygen atoms in total. The zero-order chi connectivity index (χ0) is 15.4. The number of methoxy groups -OCH3 is 1. The van der Waals surface area contributed by atoms with Gasteiger partial charge < -0.3 is 10.1 Å². The summed E-state index contributed by atoms with van der Waals surface area (Å²) in [7, 11) is 1.63. The van der Waals surface area contributed by atoms with E-state index in [4.69, 9.17) is 4.74 Å². The van der Waals surface area contributed by atoms with Crippen LogP contribution in [-0.4, -0.2) is 17.4 Å². The molecule has 6 heteroatoms. The van der Waals surface area contributed by atoms with Gasteiger partial charge in [-0.2, -0.15) is 4.37 Å². The van der Waals surface area contributed by atoms with Gasteiger partial charge in [-0.15, -0.1) is 11.3 Å². The summed E-state index contributed by atoms with van der Waals surface area (Å²) < 4.78 is 9.49. The fourth-order valence-corrected chi connectivity index (χ4v) is 3.27. The quantitative estimate of drug-likeness (QED) is 0.774. The van der Waals surface area contributed by atoms with Crippen molar-refractivity contribution in [3.8, 4) is 17.0 Å². The molecule has 0 atom stereocenters. The molecule has 2 aromatic heterocycles. The lowest BCUT2D eigenvalue weighted by atomic mass is 10.1. The minimum absolute atomic E-state index is 0.0920. The van der Waals surface area contributed by atoms with Gasteiger partial charge in [0.25, 0.3) is 5.91 Å². The van der Waals surface area contributed by atoms with Crippen molar-refractivity contribution >= 4 is 28.8 Å². The van der Waals surface area contributed by atoms with Crippen LogP contribution in [0, 0.1) is 0 Å². The van der Waals surface area contributed by atoms with Gasteiger partial charge >= 0.3 is 0 Å². The minimum Gasteiger partial charge on any atom is -0.497 e. The number of hydrogen-bond acceptors (Lipinski definition) is 5. The summed E-state index contributed by atoms with van der Waals surface area (Å²) in [5.74, 6) is 0.707. The Kier molecular flexibility index (Phi) is 4.50. The number of amides is 1. The first-order valence-electron chi connectivity index (χ1n) is 6.68. The van der Waals surface area contributed by atoms with Crippen LogP contribution < -0.4 is 10.1 Å². The van der Waals surface area contributed by atoms with E-state index in [-0.39, 0.29) is 5.91 Å². The van der Waals surface area contributed by atoms with E-state index in [9.17, 15) is 4.79 Å². The number of carbonyl (C=O) groups is 1. The van der Waals surface area contributed by atoms with Crippen molar-refractivity contribution in [2.75, 3.05) is 7.11 Å². The van der Waals surface area contributed by atoms with E-state index < -0.39 is 0 Å². The van der Waals surface area contributed by atoms with Gasteiger partial charge in [0.05, 0.1) is 19.3 Å². The minimum atomic E-state index is -0.0920. The van der Waals surface area contributed by atoms with E-state index in [1.165, 1.54) is 11.5 Å². The molecular weight excluding hydrogens is 316 g/mol. The maximum atomic E-state index is 12.1. The molecule has 0 fully saturated rings. The van der Waals surface area contributed by atoms with E-state index in [0.29, 0.717) is 11.4 Å². The van der Waals surface area contributed by atoms with Crippen molar-refractivity contribution < 1.29 is 9.53 Å². The number of ether oxygens (including phenoxy) is 1. The van der Waals surface area contributed by atoms with Crippen molar-refractivity contribution in [2.24, 2.45) is 0 Å². The zero-order valence-corrected chi connectivity index (χ0v) is 13.5. The molecule has 0 unspecified atom stereocenters. The summed E-state index contributed by atoms with van der Waals surface area (Å²) in [6.45, 7) is 0.548. The van der Waals surface area contributed by atoms with Gasteiger partial charge in [-0.3, -0.25) is 4.79 Å². The second-order valence-electron chi connectivity index (χ2n) is 4.57. The summed E-state index contributed by atoms with van der Waals surface area (Å²) >= 11 is 2.84. The Labute approximate surface area is 136 Å². The molecule has 0 saturated heterocycles. The Morgan fingerprint density at radius 3 is 2.77 bits per heavy atom. The molecular formula is C16H14N2O2S2. The Bertz CT molecular complexity index is 749. The smallest absolute Gasteiger partial charge is 0.263 e. The van der Waals surface area contributed by atoms with Crippen LogP contribution in [0.2, 0.25) is 0 Å². The number of nitrogens with zero attached hydrogens (tertiary/aromatic N) is 1. The van der Waals surface area contributed by atoms with Crippen molar-refractivity contribution in [3.05, 3.63) is 57.6 Å². The van der Waals surface area contributed by atoms with Gasteiger partial charge in [-0.1, -0.05) is 6.07 Å². The van der Waals surface area contributed by atoms with Crippen LogP contribution in [0.5, 0.6) is 5.75 Å². The average Bonchev–Trinajstić information content (AvgIpc) is 3.24. The van der Waals surface area contributed by atoms with E-state index in [1.54, 1.807) is 18.4 Å². The number of aromatic nitrogens is 1. The van der Waals surface area contributed by atoms with Gasteiger partial charge in [0, 0.05) is 10.4 Å². The molecule has 1 aromatic carbocycles. The molecule has 0 radical (unpaired) electrons. The second kappa shape index (κ2) is 6.72. The topological polar surface area (TPSA) is 51.2 Å². The highest BCUT2D eigenvalue weighted by molar-refractivity contribution is 7.10. The first kappa shape index (κ1) is 14.7. The molecule has 2 heterocycles. The molecule has 3 rings (SSSR count). The van der Waals surface area contributed by atoms with Gasteiger partial charge in [0.2, 0.25) is 0 Å². The van der Waals surface area contributed by atoms with Crippen molar-refractivity contribution in [3.63, 3.8) is 0 Å². The van der Waals surface area contributed by atoms with Crippen LogP contribution in [0.3, 0.4) is 0 Å². The van der Waals surface area contributed by atoms with Crippen LogP contribution in [0.1, 0.15) is 14.5 Å². The normalized spacial score (nSPS) is 10.4. The third kappa shape index (κ3) is 3.35. The van der Waals surface area contributed by atoms with Gasteiger partial charge in [0.1, 0.15) is 10.6 Å². The maximum absolute atomic E-state index is 12.1. The van der Waals surface area contributed by atoms with Crippen LogP contribution in [0.25, 0.3) is 11.3 Å². The van der Waals surface area contributed by atoms with Crippen LogP contribution in [0.15, 0.2) is 47.8 Å². The molecule has 0 bridgehead atoms. The number of benzene rings is 1. The van der Waals surface area contributed by atoms with Crippen molar-refractivity contribution in [2.45, 2.75) is 6.54 Å². The van der Waals surface area contributed by atoms with E-state index in [1.807, 2.05) is 47.8 Å². The number of carbonyl (C=O) groups excluding carboxylic acids is 1. The first-order chi connectivity index (χ1) is 10.8. The Balaban J connectivity index is 1.68. The predicted octanol–water partition coefficient (Wildman–Crippen LogP) is 3.81. The third-order valence-electron chi connectivity index (χ3n) is 3.12. The highest BCUT2D eigenvalue weighted by Crippen LogP contribution is 2.24. The zero-order valence-electron chi connectivity index (χ0n) is 11.9. The predicted molar refractivity (Wildman–Crippen MR) is 89.6 cm³/mol. The molecule has 112 valence electrons. The lowest BCUT2D eigenvalue weighted by Gasteiger charge is -2.01. The van der Waals surface area contributed by atoms with Crippen molar-refractivity contribution in [1.82, 2.24) is 9.69 Å². The molecule has 0 aliphatic rings. The summed E-state index contributed by atoms with van der Waals surface area (Å²) in [5.41, 5.74) is 1.77. The van der Waals surface area contributed by atoms with E-state index >= 15 is 0 Å². The van der Waals surface area contributed by atoms with Crippen LogP contribution in [-0.2, 0) is 6.54 Å². The Morgan fingerprint density at radius 1 is 1.27 bits per heavy atom. The number of hydrogen-bond donors (Lipinski definition) is 1. The van der Waals surface area contributed by atoms with Crippen LogP contribution in [0.4, 0.5) is 0 Å². The maximum Gasteiger partial charge on any atom is 0.263 e. The average molecular weight is 330 g/mol. The largest absolute Gasteiger partial charge is 0.497 e. The Morgan fingerprint density at radius 2 is 2.09 bits per heavy atom. The molecule has 0 aliphatic heterocycles. The SMILES string of the molecule is COc1ccc(-c2cc(C(=O)NCc3cccs3)sn2)cc1. The van der Waals surface area contributed by atoms with Crippen LogP contribution >= 0.6 is 22.9 Å². The summed E-state index contributed by atoms with van der Waals surface area (Å²) in [4.78, 5) is 13.9. The molecule has 0 spiro atoms. The monoisotopic (exact) mass is 330 g/mol. The first-order valence-corrected chi connectivity index (χ1v) is 8.33. The third-order valence-corrected chi connectivity index (χ3v) is 4.79. The van der Waals surface area contributed by atoms with Gasteiger partial charge in [-0.05, 0) is 53.3 Å². The second-order valence-corrected chi connectivity index (χ2v) is 6.40. The standard InChI is InChI=1S/C16H14N2O2S2/c1-20-12-6-4-11(5-7-12)14-9-15(22-18-14)16(19)17-10-13-3-2-8-21-13/h2-9H,10H2,1H3,(H,17,19). The molecule has 22 heavy (non-hydrogen) atoms. The molecule has 0 aliphatic carbocycles.